The van der Waals surface area contributed by atoms with Crippen molar-refractivity contribution >= 4 is 0 Å². The van der Waals surface area contributed by atoms with Crippen molar-refractivity contribution in [1.82, 2.24) is 0 Å². The summed E-state index contributed by atoms with van der Waals surface area (Å²) in [5.41, 5.74) is 1.93. The second-order valence-corrected chi connectivity index (χ2v) is 3.12. The molecule has 0 bridgehead atoms. The molecule has 0 spiro atoms. The molecule has 1 aromatic heterocycles. The van der Waals surface area contributed by atoms with Crippen molar-refractivity contribution in [2.45, 2.75) is 6.61 Å². The molecular formula is C12H11O2. The van der Waals surface area contributed by atoms with Crippen LogP contribution in [0.15, 0.2) is 40.8 Å². The van der Waals surface area contributed by atoms with Gasteiger partial charge in [-0.15, -0.1) is 0 Å². The van der Waals surface area contributed by atoms with Crippen LogP contribution in [0.25, 0.3) is 11.3 Å². The molecule has 71 valence electrons. The summed E-state index contributed by atoms with van der Waals surface area (Å²) < 4.78 is 5.40. The fourth-order valence-electron chi connectivity index (χ4n) is 1.34. The van der Waals surface area contributed by atoms with Crippen molar-refractivity contribution in [3.05, 3.63) is 54.6 Å². The first kappa shape index (κ1) is 9.03. The SMILES string of the molecule is [CH2]c1cccc(-c2ccc(CO)o2)c1. The first-order valence-corrected chi connectivity index (χ1v) is 4.41. The fraction of sp³-hybridized carbons (Fsp3) is 0.0833. The molecular weight excluding hydrogens is 176 g/mol. The molecule has 2 nitrogen and oxygen atoms in total. The van der Waals surface area contributed by atoms with E-state index in [1.165, 1.54) is 0 Å². The van der Waals surface area contributed by atoms with Crippen molar-refractivity contribution in [1.29, 1.82) is 0 Å². The number of rotatable bonds is 2. The Kier molecular flexibility index (Phi) is 2.37. The van der Waals surface area contributed by atoms with Crippen LogP contribution >= 0.6 is 0 Å². The minimum Gasteiger partial charge on any atom is -0.459 e. The van der Waals surface area contributed by atoms with E-state index in [1.54, 1.807) is 6.07 Å². The first-order valence-electron chi connectivity index (χ1n) is 4.41. The molecule has 2 heteroatoms. The number of benzene rings is 1. The lowest BCUT2D eigenvalue weighted by Crippen LogP contribution is -1.77. The smallest absolute Gasteiger partial charge is 0.134 e. The zero-order chi connectivity index (χ0) is 9.97. The summed E-state index contributed by atoms with van der Waals surface area (Å²) in [6.07, 6.45) is 0. The number of aliphatic hydroxyl groups excluding tert-OH is 1. The van der Waals surface area contributed by atoms with Crippen LogP contribution in [0.3, 0.4) is 0 Å². The van der Waals surface area contributed by atoms with Gasteiger partial charge in [-0.05, 0) is 30.7 Å². The molecule has 0 fully saturated rings. The Labute approximate surface area is 82.8 Å². The molecule has 0 aliphatic heterocycles. The normalized spacial score (nSPS) is 10.4. The first-order chi connectivity index (χ1) is 6.79. The molecule has 0 amide bonds. The van der Waals surface area contributed by atoms with Crippen molar-refractivity contribution < 1.29 is 9.52 Å². The van der Waals surface area contributed by atoms with Crippen molar-refractivity contribution in [2.24, 2.45) is 0 Å². The van der Waals surface area contributed by atoms with Gasteiger partial charge in [-0.25, -0.2) is 0 Å². The average Bonchev–Trinajstić information content (AvgIpc) is 2.66. The number of furan rings is 1. The van der Waals surface area contributed by atoms with E-state index in [9.17, 15) is 0 Å². The lowest BCUT2D eigenvalue weighted by Gasteiger charge is -1.97. The van der Waals surface area contributed by atoms with Crippen molar-refractivity contribution in [2.75, 3.05) is 0 Å². The van der Waals surface area contributed by atoms with Crippen LogP contribution in [0.4, 0.5) is 0 Å². The lowest BCUT2D eigenvalue weighted by atomic mass is 10.1. The van der Waals surface area contributed by atoms with Gasteiger partial charge in [0.15, 0.2) is 0 Å². The van der Waals surface area contributed by atoms with Crippen LogP contribution in [-0.2, 0) is 6.61 Å². The molecule has 2 aromatic rings. The van der Waals surface area contributed by atoms with E-state index in [2.05, 4.69) is 6.92 Å². The van der Waals surface area contributed by atoms with E-state index < -0.39 is 0 Å². The molecule has 0 saturated carbocycles. The van der Waals surface area contributed by atoms with Crippen LogP contribution < -0.4 is 0 Å². The van der Waals surface area contributed by atoms with E-state index >= 15 is 0 Å². The van der Waals surface area contributed by atoms with E-state index in [0.717, 1.165) is 16.9 Å². The summed E-state index contributed by atoms with van der Waals surface area (Å²) in [7, 11) is 0. The summed E-state index contributed by atoms with van der Waals surface area (Å²) in [5, 5.41) is 8.85. The topological polar surface area (TPSA) is 33.4 Å². The van der Waals surface area contributed by atoms with E-state index in [4.69, 9.17) is 9.52 Å². The fourth-order valence-corrected chi connectivity index (χ4v) is 1.34. The van der Waals surface area contributed by atoms with Crippen LogP contribution in [0.1, 0.15) is 11.3 Å². The second kappa shape index (κ2) is 3.68. The van der Waals surface area contributed by atoms with Crippen LogP contribution in [0, 0.1) is 6.92 Å². The summed E-state index contributed by atoms with van der Waals surface area (Å²) in [6.45, 7) is 3.78. The minimum absolute atomic E-state index is 0.0654. The number of hydrogen-bond donors (Lipinski definition) is 1. The number of hydrogen-bond acceptors (Lipinski definition) is 2. The van der Waals surface area contributed by atoms with Gasteiger partial charge < -0.3 is 9.52 Å². The summed E-state index contributed by atoms with van der Waals surface area (Å²) in [6, 6.07) is 11.4. The summed E-state index contributed by atoms with van der Waals surface area (Å²) >= 11 is 0. The number of aliphatic hydroxyl groups is 1. The lowest BCUT2D eigenvalue weighted by molar-refractivity contribution is 0.248. The third kappa shape index (κ3) is 1.70. The highest BCUT2D eigenvalue weighted by Gasteiger charge is 2.03. The molecule has 0 unspecified atom stereocenters. The quantitative estimate of drug-likeness (QED) is 0.784. The maximum absolute atomic E-state index is 8.85. The van der Waals surface area contributed by atoms with Crippen LogP contribution in [-0.4, -0.2) is 5.11 Å². The maximum Gasteiger partial charge on any atom is 0.134 e. The maximum atomic E-state index is 8.85. The monoisotopic (exact) mass is 187 g/mol. The van der Waals surface area contributed by atoms with Gasteiger partial charge in [-0.2, -0.15) is 0 Å². The minimum atomic E-state index is -0.0654. The van der Waals surface area contributed by atoms with Crippen LogP contribution in [0.5, 0.6) is 0 Å². The second-order valence-electron chi connectivity index (χ2n) is 3.12. The summed E-state index contributed by atoms with van der Waals surface area (Å²) in [5.74, 6) is 1.34. The Balaban J connectivity index is 2.39. The Bertz CT molecular complexity index is 429. The molecule has 1 radical (unpaired) electrons. The highest BCUT2D eigenvalue weighted by molar-refractivity contribution is 5.58. The summed E-state index contributed by atoms with van der Waals surface area (Å²) in [4.78, 5) is 0. The molecule has 2 rings (SSSR count). The van der Waals surface area contributed by atoms with Crippen LogP contribution in [0.2, 0.25) is 0 Å². The third-order valence-electron chi connectivity index (χ3n) is 2.03. The molecule has 0 aliphatic carbocycles. The molecule has 0 aliphatic rings. The molecule has 1 heterocycles. The molecule has 0 atom stereocenters. The Hall–Kier alpha value is -1.54. The molecule has 1 N–H and O–H groups in total. The van der Waals surface area contributed by atoms with Gasteiger partial charge in [0.2, 0.25) is 0 Å². The van der Waals surface area contributed by atoms with Gasteiger partial charge in [0.25, 0.3) is 0 Å². The Morgan fingerprint density at radius 2 is 2.07 bits per heavy atom. The van der Waals surface area contributed by atoms with Gasteiger partial charge in [-0.3, -0.25) is 0 Å². The van der Waals surface area contributed by atoms with Crippen molar-refractivity contribution in [3.63, 3.8) is 0 Å². The van der Waals surface area contributed by atoms with E-state index in [1.807, 2.05) is 30.3 Å². The van der Waals surface area contributed by atoms with Gasteiger partial charge in [0.1, 0.15) is 18.1 Å². The Morgan fingerprint density at radius 1 is 1.21 bits per heavy atom. The molecule has 0 saturated heterocycles. The Morgan fingerprint density at radius 3 is 2.71 bits per heavy atom. The van der Waals surface area contributed by atoms with E-state index in [0.29, 0.717) is 5.76 Å². The largest absolute Gasteiger partial charge is 0.459 e. The average molecular weight is 187 g/mol. The van der Waals surface area contributed by atoms with Crippen molar-refractivity contribution in [3.8, 4) is 11.3 Å². The highest BCUT2D eigenvalue weighted by atomic mass is 16.4. The van der Waals surface area contributed by atoms with Gasteiger partial charge in [0.05, 0.1) is 0 Å². The van der Waals surface area contributed by atoms with Gasteiger partial charge >= 0.3 is 0 Å². The predicted octanol–water partition coefficient (Wildman–Crippen LogP) is 2.62. The third-order valence-corrected chi connectivity index (χ3v) is 2.03. The van der Waals surface area contributed by atoms with Gasteiger partial charge in [0, 0.05) is 5.56 Å². The highest BCUT2D eigenvalue weighted by Crippen LogP contribution is 2.22. The molecule has 14 heavy (non-hydrogen) atoms. The standard InChI is InChI=1S/C12H11O2/c1-9-3-2-4-10(7-9)12-6-5-11(8-13)14-12/h2-7,13H,1,8H2. The zero-order valence-electron chi connectivity index (χ0n) is 7.73. The van der Waals surface area contributed by atoms with Gasteiger partial charge in [-0.1, -0.05) is 18.2 Å². The zero-order valence-corrected chi connectivity index (χ0v) is 7.73. The van der Waals surface area contributed by atoms with E-state index in [-0.39, 0.29) is 6.61 Å². The molecule has 1 aromatic carbocycles. The predicted molar refractivity (Wildman–Crippen MR) is 54.5 cm³/mol.